The van der Waals surface area contributed by atoms with Crippen molar-refractivity contribution in [3.63, 3.8) is 0 Å². The molecule has 0 spiro atoms. The minimum atomic E-state index is -3.22. The molecule has 2 aromatic heterocycles. The SMILES string of the molecule is [2H]c1nc(N)nc2[nH]c(=O)c(C(=O)C([2H])([2H])[2H])c(C([2H])([2H])[2H])c12. The molecule has 3 N–H and O–H groups in total. The first-order chi connectivity index (χ1) is 10.3. The number of carbonyl (C=O) groups excluding carboxylic acids is 1. The zero-order valence-corrected chi connectivity index (χ0v) is 7.79. The van der Waals surface area contributed by atoms with Gasteiger partial charge in [0, 0.05) is 19.8 Å². The average molecular weight is 225 g/mol. The summed E-state index contributed by atoms with van der Waals surface area (Å²) >= 11 is 0. The van der Waals surface area contributed by atoms with Gasteiger partial charge in [-0.25, -0.2) is 4.98 Å². The van der Waals surface area contributed by atoms with E-state index in [1.165, 1.54) is 0 Å². The summed E-state index contributed by atoms with van der Waals surface area (Å²) in [7, 11) is 0. The van der Waals surface area contributed by atoms with Gasteiger partial charge in [-0.1, -0.05) is 0 Å². The van der Waals surface area contributed by atoms with E-state index in [1.54, 1.807) is 0 Å². The highest BCUT2D eigenvalue weighted by atomic mass is 16.1. The van der Waals surface area contributed by atoms with Crippen molar-refractivity contribution in [1.29, 1.82) is 0 Å². The molecule has 0 saturated carbocycles. The van der Waals surface area contributed by atoms with Crippen LogP contribution in [0.1, 0.15) is 32.4 Å². The topological polar surface area (TPSA) is 102 Å². The maximum absolute atomic E-state index is 12.1. The Morgan fingerprint density at radius 2 is 2.50 bits per heavy atom. The standard InChI is InChI=1S/C10H10N4O2/c1-4-6-3-12-10(11)14-8(6)13-9(16)7(4)5(2)15/h3H,1-2H3,(H3,11,12,13,14,16)/i1D3,2D3,3D. The average Bonchev–Trinajstić information content (AvgIpc) is 2.33. The summed E-state index contributed by atoms with van der Waals surface area (Å²) in [5.41, 5.74) is 1.82. The number of rotatable bonds is 1. The first-order valence-electron chi connectivity index (χ1n) is 7.59. The number of hydrogen-bond acceptors (Lipinski definition) is 5. The van der Waals surface area contributed by atoms with Gasteiger partial charge in [0.2, 0.25) is 5.95 Å². The van der Waals surface area contributed by atoms with E-state index in [0.717, 1.165) is 0 Å². The minimum absolute atomic E-state index is 0.360. The summed E-state index contributed by atoms with van der Waals surface area (Å²) in [6, 6.07) is 0. The van der Waals surface area contributed by atoms with E-state index in [4.69, 9.17) is 15.3 Å². The fraction of sp³-hybridized carbons (Fsp3) is 0.200. The number of ketones is 1. The van der Waals surface area contributed by atoms with Crippen LogP contribution in [0.4, 0.5) is 5.95 Å². The molecule has 0 amide bonds. The van der Waals surface area contributed by atoms with Crippen LogP contribution in [0.2, 0.25) is 0 Å². The number of nitrogens with one attached hydrogen (secondary N) is 1. The first kappa shape index (κ1) is 4.73. The van der Waals surface area contributed by atoms with Crippen LogP contribution in [0.25, 0.3) is 11.0 Å². The van der Waals surface area contributed by atoms with Crippen LogP contribution in [-0.4, -0.2) is 20.7 Å². The van der Waals surface area contributed by atoms with E-state index >= 15 is 0 Å². The van der Waals surface area contributed by atoms with Crippen molar-refractivity contribution < 1.29 is 14.4 Å². The lowest BCUT2D eigenvalue weighted by Gasteiger charge is -2.05. The summed E-state index contributed by atoms with van der Waals surface area (Å²) in [5, 5.41) is -0.452. The van der Waals surface area contributed by atoms with Crippen molar-refractivity contribution in [3.05, 3.63) is 27.7 Å². The van der Waals surface area contributed by atoms with E-state index in [1.807, 2.05) is 0 Å². The van der Waals surface area contributed by atoms with Gasteiger partial charge in [-0.15, -0.1) is 0 Å². The molecule has 0 aromatic carbocycles. The second-order valence-corrected chi connectivity index (χ2v) is 2.95. The molecule has 0 atom stereocenters. The van der Waals surface area contributed by atoms with E-state index in [-0.39, 0.29) is 11.6 Å². The van der Waals surface area contributed by atoms with Gasteiger partial charge in [0.25, 0.3) is 5.56 Å². The second-order valence-electron chi connectivity index (χ2n) is 2.95. The van der Waals surface area contributed by atoms with Gasteiger partial charge in [-0.2, -0.15) is 4.98 Å². The van der Waals surface area contributed by atoms with Crippen LogP contribution in [-0.2, 0) is 0 Å². The molecule has 2 rings (SSSR count). The minimum Gasteiger partial charge on any atom is -0.368 e. The largest absolute Gasteiger partial charge is 0.368 e. The number of fused-ring (bicyclic) bond motifs is 1. The number of H-pyrrole nitrogens is 1. The predicted molar refractivity (Wildman–Crippen MR) is 59.3 cm³/mol. The Hall–Kier alpha value is -2.24. The molecular weight excluding hydrogens is 208 g/mol. The van der Waals surface area contributed by atoms with Crippen LogP contribution in [0.5, 0.6) is 0 Å². The number of pyridine rings is 1. The molecule has 82 valence electrons. The van der Waals surface area contributed by atoms with Crippen LogP contribution in [0.15, 0.2) is 11.0 Å². The number of aromatic nitrogens is 3. The summed E-state index contributed by atoms with van der Waals surface area (Å²) in [5.74, 6) is -2.02. The molecule has 0 saturated heterocycles. The number of Topliss-reactive ketones (excluding diaryl/α,β-unsaturated/α-hetero) is 1. The number of anilines is 1. The lowest BCUT2D eigenvalue weighted by atomic mass is 10.1. The van der Waals surface area contributed by atoms with E-state index in [2.05, 4.69) is 15.0 Å². The molecule has 0 bridgehead atoms. The third-order valence-corrected chi connectivity index (χ3v) is 1.93. The zero-order chi connectivity index (χ0) is 17.7. The Balaban J connectivity index is 3.08. The smallest absolute Gasteiger partial charge is 0.260 e. The fourth-order valence-corrected chi connectivity index (χ4v) is 1.25. The van der Waals surface area contributed by atoms with Gasteiger partial charge in [0.15, 0.2) is 5.78 Å². The summed E-state index contributed by atoms with van der Waals surface area (Å²) < 4.78 is 51.6. The molecule has 6 heteroatoms. The van der Waals surface area contributed by atoms with Crippen molar-refractivity contribution in [3.8, 4) is 0 Å². The van der Waals surface area contributed by atoms with Crippen LogP contribution in [0, 0.1) is 6.85 Å². The Labute approximate surface area is 100 Å². The summed E-state index contributed by atoms with van der Waals surface area (Å²) in [4.78, 5) is 33.3. The molecule has 0 unspecified atom stereocenters. The molecular formula is C10H10N4O2. The number of hydrogen-bond donors (Lipinski definition) is 2. The van der Waals surface area contributed by atoms with Gasteiger partial charge in [0.1, 0.15) is 5.65 Å². The Bertz CT molecular complexity index is 869. The van der Waals surface area contributed by atoms with E-state index in [0.29, 0.717) is 0 Å². The summed E-state index contributed by atoms with van der Waals surface area (Å²) in [6.45, 7) is -6.27. The predicted octanol–water partition coefficient (Wildman–Crippen LogP) is 0.411. The number of nitrogens with two attached hydrogens (primary N) is 1. The van der Waals surface area contributed by atoms with Crippen molar-refractivity contribution >= 4 is 22.8 Å². The van der Waals surface area contributed by atoms with Gasteiger partial charge >= 0.3 is 0 Å². The molecule has 0 aliphatic rings. The molecule has 2 heterocycles. The third-order valence-electron chi connectivity index (χ3n) is 1.93. The van der Waals surface area contributed by atoms with E-state index in [9.17, 15) is 9.59 Å². The first-order valence-corrected chi connectivity index (χ1v) is 4.09. The van der Waals surface area contributed by atoms with Crippen LogP contribution >= 0.6 is 0 Å². The number of nitrogens with zero attached hydrogens (tertiary/aromatic N) is 2. The quantitative estimate of drug-likeness (QED) is 0.684. The van der Waals surface area contributed by atoms with Gasteiger partial charge in [-0.05, 0) is 19.3 Å². The number of nitrogen functional groups attached to an aromatic ring is 1. The number of aryl methyl sites for hydroxylation is 1. The van der Waals surface area contributed by atoms with Gasteiger partial charge < -0.3 is 10.7 Å². The lowest BCUT2D eigenvalue weighted by Crippen LogP contribution is -2.19. The molecule has 6 nitrogen and oxygen atoms in total. The highest BCUT2D eigenvalue weighted by Crippen LogP contribution is 2.15. The molecule has 16 heavy (non-hydrogen) atoms. The van der Waals surface area contributed by atoms with Crippen molar-refractivity contribution in [2.75, 3.05) is 5.73 Å². The Kier molecular flexibility index (Phi) is 1.01. The van der Waals surface area contributed by atoms with Gasteiger partial charge in [0.05, 0.1) is 6.93 Å². The summed E-state index contributed by atoms with van der Waals surface area (Å²) in [6.07, 6.45) is -0.644. The molecule has 2 aromatic rings. The van der Waals surface area contributed by atoms with Crippen molar-refractivity contribution in [1.82, 2.24) is 15.0 Å². The molecule has 0 aliphatic heterocycles. The highest BCUT2D eigenvalue weighted by Gasteiger charge is 2.13. The van der Waals surface area contributed by atoms with Crippen LogP contribution in [0.3, 0.4) is 0 Å². The fourth-order valence-electron chi connectivity index (χ4n) is 1.25. The monoisotopic (exact) mass is 225 g/mol. The third kappa shape index (κ3) is 1.44. The number of aromatic amines is 1. The number of carbonyl (C=O) groups is 1. The maximum atomic E-state index is 12.1. The maximum Gasteiger partial charge on any atom is 0.260 e. The molecule has 0 fully saturated rings. The zero-order valence-electron chi connectivity index (χ0n) is 14.8. The Morgan fingerprint density at radius 3 is 3.19 bits per heavy atom. The van der Waals surface area contributed by atoms with E-state index < -0.39 is 47.7 Å². The molecule has 0 radical (unpaired) electrons. The normalized spacial score (nSPS) is 18.6. The second kappa shape index (κ2) is 3.41. The van der Waals surface area contributed by atoms with Crippen molar-refractivity contribution in [2.45, 2.75) is 13.7 Å². The van der Waals surface area contributed by atoms with Crippen LogP contribution < -0.4 is 11.3 Å². The highest BCUT2D eigenvalue weighted by molar-refractivity contribution is 5.99. The van der Waals surface area contributed by atoms with Crippen molar-refractivity contribution in [2.24, 2.45) is 0 Å². The molecule has 0 aliphatic carbocycles. The lowest BCUT2D eigenvalue weighted by molar-refractivity contribution is 0.101. The van der Waals surface area contributed by atoms with Gasteiger partial charge in [-0.3, -0.25) is 9.59 Å². The Morgan fingerprint density at radius 1 is 1.69 bits per heavy atom.